The molecule has 0 N–H and O–H groups in total. The fraction of sp³-hybridized carbons (Fsp3) is 0.182. The minimum Gasteiger partial charge on any atom is -0.254 e. The largest absolute Gasteiger partial charge is 0.254 e. The lowest BCUT2D eigenvalue weighted by molar-refractivity contribution is 1.28. The third-order valence-electron chi connectivity index (χ3n) is 1.71. The number of allylic oxidation sites excluding steroid dienone is 7. The van der Waals surface area contributed by atoms with E-state index in [4.69, 9.17) is 0 Å². The van der Waals surface area contributed by atoms with Crippen molar-refractivity contribution in [2.75, 3.05) is 0 Å². The van der Waals surface area contributed by atoms with E-state index in [2.05, 4.69) is 11.6 Å². The Balaban J connectivity index is 2.89. The summed E-state index contributed by atoms with van der Waals surface area (Å²) in [5.41, 5.74) is 2.94. The van der Waals surface area contributed by atoms with Gasteiger partial charge in [-0.25, -0.2) is 0 Å². The Morgan fingerprint density at radius 3 is 2.67 bits per heavy atom. The highest BCUT2D eigenvalue weighted by molar-refractivity contribution is 6.11. The van der Waals surface area contributed by atoms with Crippen LogP contribution in [0.3, 0.4) is 0 Å². The van der Waals surface area contributed by atoms with Crippen molar-refractivity contribution in [3.8, 4) is 0 Å². The number of rotatable bonds is 1. The molecule has 0 radical (unpaired) electrons. The molecule has 0 saturated carbocycles. The van der Waals surface area contributed by atoms with E-state index in [9.17, 15) is 0 Å². The van der Waals surface area contributed by atoms with Gasteiger partial charge in [0, 0.05) is 5.70 Å². The molecule has 1 heteroatoms. The molecule has 0 spiro atoms. The Labute approximate surface area is 73.5 Å². The van der Waals surface area contributed by atoms with Crippen LogP contribution in [0.25, 0.3) is 0 Å². The Morgan fingerprint density at radius 2 is 2.08 bits per heavy atom. The molecule has 0 fully saturated rings. The first kappa shape index (κ1) is 8.72. The maximum absolute atomic E-state index is 4.38. The normalized spacial score (nSPS) is 20.7. The molecule has 0 atom stereocenters. The summed E-state index contributed by atoms with van der Waals surface area (Å²) >= 11 is 0. The van der Waals surface area contributed by atoms with Gasteiger partial charge in [0.05, 0.1) is 5.71 Å². The topological polar surface area (TPSA) is 12.4 Å². The Morgan fingerprint density at radius 1 is 1.42 bits per heavy atom. The molecule has 62 valence electrons. The zero-order chi connectivity index (χ0) is 8.97. The second kappa shape index (κ2) is 3.86. The molecule has 0 aromatic rings. The molecule has 1 aliphatic carbocycles. The fourth-order valence-electron chi connectivity index (χ4n) is 0.874. The van der Waals surface area contributed by atoms with Crippen molar-refractivity contribution in [3.63, 3.8) is 0 Å². The van der Waals surface area contributed by atoms with Crippen LogP contribution in [0.1, 0.15) is 13.8 Å². The minimum absolute atomic E-state index is 0.952. The highest BCUT2D eigenvalue weighted by atomic mass is 14.7. The second-order valence-corrected chi connectivity index (χ2v) is 2.67. The smallest absolute Gasteiger partial charge is 0.0699 e. The third kappa shape index (κ3) is 2.06. The van der Waals surface area contributed by atoms with Gasteiger partial charge in [-0.15, -0.1) is 0 Å². The van der Waals surface area contributed by atoms with E-state index in [1.54, 1.807) is 0 Å². The molecule has 0 bridgehead atoms. The number of nitrogens with zero attached hydrogens (tertiary/aromatic N) is 1. The Hall–Kier alpha value is -1.37. The summed E-state index contributed by atoms with van der Waals surface area (Å²) in [6.45, 7) is 7.84. The van der Waals surface area contributed by atoms with Gasteiger partial charge < -0.3 is 0 Å². The van der Waals surface area contributed by atoms with E-state index in [0.717, 1.165) is 17.0 Å². The van der Waals surface area contributed by atoms with E-state index >= 15 is 0 Å². The van der Waals surface area contributed by atoms with Crippen molar-refractivity contribution in [3.05, 3.63) is 48.2 Å². The number of hydrogen-bond donors (Lipinski definition) is 0. The van der Waals surface area contributed by atoms with E-state index in [-0.39, 0.29) is 0 Å². The highest BCUT2D eigenvalue weighted by Crippen LogP contribution is 2.08. The lowest BCUT2D eigenvalue weighted by atomic mass is 10.1. The Bertz CT molecular complexity index is 301. The van der Waals surface area contributed by atoms with Crippen molar-refractivity contribution < 1.29 is 0 Å². The van der Waals surface area contributed by atoms with Gasteiger partial charge in [0.25, 0.3) is 0 Å². The molecular weight excluding hydrogens is 146 g/mol. The summed E-state index contributed by atoms with van der Waals surface area (Å²) in [5, 5.41) is 0. The summed E-state index contributed by atoms with van der Waals surface area (Å²) in [6.07, 6.45) is 9.84. The van der Waals surface area contributed by atoms with Gasteiger partial charge in [0.2, 0.25) is 0 Å². The average Bonchev–Trinajstić information content (AvgIpc) is 2.09. The molecule has 0 unspecified atom stereocenters. The maximum atomic E-state index is 4.38. The van der Waals surface area contributed by atoms with Crippen molar-refractivity contribution in [1.82, 2.24) is 0 Å². The minimum atomic E-state index is 0.952. The summed E-state index contributed by atoms with van der Waals surface area (Å²) in [7, 11) is 0. The second-order valence-electron chi connectivity index (χ2n) is 2.67. The first-order valence-corrected chi connectivity index (χ1v) is 3.99. The lowest BCUT2D eigenvalue weighted by Gasteiger charge is -2.03. The van der Waals surface area contributed by atoms with Gasteiger partial charge in [-0.3, -0.25) is 4.99 Å². The van der Waals surface area contributed by atoms with Gasteiger partial charge in [0.15, 0.2) is 0 Å². The van der Waals surface area contributed by atoms with Crippen LogP contribution in [-0.2, 0) is 0 Å². The first-order valence-electron chi connectivity index (χ1n) is 3.99. The van der Waals surface area contributed by atoms with Gasteiger partial charge in [-0.2, -0.15) is 0 Å². The quantitative estimate of drug-likeness (QED) is 0.557. The van der Waals surface area contributed by atoms with Crippen LogP contribution in [0.5, 0.6) is 0 Å². The number of hydrogen-bond acceptors (Lipinski definition) is 1. The molecule has 0 aromatic carbocycles. The molecule has 1 rings (SSSR count). The van der Waals surface area contributed by atoms with Gasteiger partial charge in [0.1, 0.15) is 0 Å². The van der Waals surface area contributed by atoms with E-state index in [1.165, 1.54) is 0 Å². The molecule has 0 saturated heterocycles. The molecule has 1 nitrogen and oxygen atoms in total. The van der Waals surface area contributed by atoms with E-state index in [1.807, 2.05) is 44.2 Å². The summed E-state index contributed by atoms with van der Waals surface area (Å²) in [5.74, 6) is 0. The van der Waals surface area contributed by atoms with Crippen molar-refractivity contribution >= 4 is 5.71 Å². The zero-order valence-electron chi connectivity index (χ0n) is 7.54. The summed E-state index contributed by atoms with van der Waals surface area (Å²) in [4.78, 5) is 4.38. The summed E-state index contributed by atoms with van der Waals surface area (Å²) < 4.78 is 0. The predicted octanol–water partition coefficient (Wildman–Crippen LogP) is 3.03. The van der Waals surface area contributed by atoms with Crippen LogP contribution in [0, 0.1) is 0 Å². The van der Waals surface area contributed by atoms with Crippen LogP contribution in [0.2, 0.25) is 0 Å². The lowest BCUT2D eigenvalue weighted by Crippen LogP contribution is -1.98. The molecule has 1 aliphatic rings. The molecule has 0 aromatic heterocycles. The fourth-order valence-corrected chi connectivity index (χ4v) is 0.874. The molecular formula is C11H13N. The van der Waals surface area contributed by atoms with E-state index in [0.29, 0.717) is 0 Å². The summed E-state index contributed by atoms with van der Waals surface area (Å²) in [6, 6.07) is 0. The molecule has 0 aliphatic heterocycles. The molecule has 12 heavy (non-hydrogen) atoms. The third-order valence-corrected chi connectivity index (χ3v) is 1.71. The van der Waals surface area contributed by atoms with Crippen molar-refractivity contribution in [1.29, 1.82) is 0 Å². The number of aliphatic imine (C=N–C) groups is 1. The van der Waals surface area contributed by atoms with E-state index < -0.39 is 0 Å². The van der Waals surface area contributed by atoms with Crippen LogP contribution < -0.4 is 0 Å². The van der Waals surface area contributed by atoms with Gasteiger partial charge in [-0.05, 0) is 25.5 Å². The molecule has 0 amide bonds. The van der Waals surface area contributed by atoms with Crippen molar-refractivity contribution in [2.24, 2.45) is 4.99 Å². The highest BCUT2D eigenvalue weighted by Gasteiger charge is 1.99. The Kier molecular flexibility index (Phi) is 2.81. The maximum Gasteiger partial charge on any atom is 0.0699 e. The first-order chi connectivity index (χ1) is 5.74. The van der Waals surface area contributed by atoms with Gasteiger partial charge >= 0.3 is 0 Å². The average molecular weight is 159 g/mol. The van der Waals surface area contributed by atoms with Crippen LogP contribution in [-0.4, -0.2) is 5.71 Å². The van der Waals surface area contributed by atoms with Crippen LogP contribution in [0.4, 0.5) is 0 Å². The predicted molar refractivity (Wildman–Crippen MR) is 54.3 cm³/mol. The van der Waals surface area contributed by atoms with Crippen LogP contribution >= 0.6 is 0 Å². The van der Waals surface area contributed by atoms with Crippen molar-refractivity contribution in [2.45, 2.75) is 13.8 Å². The van der Waals surface area contributed by atoms with Crippen LogP contribution in [0.15, 0.2) is 53.2 Å². The zero-order valence-corrected chi connectivity index (χ0v) is 7.54. The monoisotopic (exact) mass is 159 g/mol. The van der Waals surface area contributed by atoms with Gasteiger partial charge in [-0.1, -0.05) is 30.9 Å². The molecule has 0 heterocycles. The SMILES string of the molecule is C=C1C=CC=CC1=N/C(C)=C\C. The standard InChI is InChI=1S/C11H13N/c1-4-10(3)12-11-8-6-5-7-9(11)2/h4-8H,2H2,1,3H3/b10-4-,12-11?.